The van der Waals surface area contributed by atoms with E-state index in [0.717, 1.165) is 15.9 Å². The molecule has 0 bridgehead atoms. The molecule has 1 saturated heterocycles. The zero-order valence-corrected chi connectivity index (χ0v) is 16.2. The van der Waals surface area contributed by atoms with Gasteiger partial charge >= 0.3 is 6.18 Å². The van der Waals surface area contributed by atoms with Crippen molar-refractivity contribution in [2.24, 2.45) is 0 Å². The van der Waals surface area contributed by atoms with E-state index in [1.165, 1.54) is 10.9 Å². The largest absolute Gasteiger partial charge is 0.435 e. The summed E-state index contributed by atoms with van der Waals surface area (Å²) in [5.74, 6) is -0.0786. The van der Waals surface area contributed by atoms with Crippen LogP contribution in [-0.4, -0.2) is 38.8 Å². The molecule has 148 valence electrons. The average Bonchev–Trinajstić information content (AvgIpc) is 3.29. The molecule has 1 amide bonds. The van der Waals surface area contributed by atoms with Crippen LogP contribution in [0, 0.1) is 0 Å². The Morgan fingerprint density at radius 3 is 2.68 bits per heavy atom. The maximum absolute atomic E-state index is 12.7. The molecule has 2 aromatic heterocycles. The highest BCUT2D eigenvalue weighted by molar-refractivity contribution is 9.10. The number of amides is 1. The summed E-state index contributed by atoms with van der Waals surface area (Å²) < 4.78 is 45.6. The number of likely N-dealkylation sites (tertiary alicyclic amines) is 1. The van der Waals surface area contributed by atoms with E-state index in [-0.39, 0.29) is 18.4 Å². The molecule has 4 rings (SSSR count). The number of carbonyl (C=O) groups excluding carboxylic acids is 1. The van der Waals surface area contributed by atoms with Gasteiger partial charge in [0.1, 0.15) is 5.69 Å². The second-order valence-corrected chi connectivity index (χ2v) is 7.65. The number of piperidine rings is 1. The molecule has 0 spiro atoms. The lowest BCUT2D eigenvalue weighted by molar-refractivity contribution is -0.141. The van der Waals surface area contributed by atoms with Crippen LogP contribution < -0.4 is 0 Å². The van der Waals surface area contributed by atoms with Crippen LogP contribution in [0.2, 0.25) is 0 Å². The molecular weight excluding hydrogens is 441 g/mol. The van der Waals surface area contributed by atoms with Gasteiger partial charge in [0.2, 0.25) is 5.91 Å². The third-order valence-electron chi connectivity index (χ3n) is 4.92. The quantitative estimate of drug-likeness (QED) is 0.591. The maximum Gasteiger partial charge on any atom is 0.435 e. The van der Waals surface area contributed by atoms with E-state index in [0.29, 0.717) is 37.2 Å². The summed E-state index contributed by atoms with van der Waals surface area (Å²) in [5.41, 5.74) is 0.296. The highest BCUT2D eigenvalue weighted by Crippen LogP contribution is 2.30. The molecule has 6 nitrogen and oxygen atoms in total. The summed E-state index contributed by atoms with van der Waals surface area (Å²) in [6, 6.07) is 6.31. The smallest absolute Gasteiger partial charge is 0.356 e. The fourth-order valence-electron chi connectivity index (χ4n) is 3.42. The Labute approximate surface area is 166 Å². The minimum absolute atomic E-state index is 0.0786. The second-order valence-electron chi connectivity index (χ2n) is 6.74. The molecule has 3 aromatic rings. The second kappa shape index (κ2) is 7.23. The molecule has 0 radical (unpaired) electrons. The van der Waals surface area contributed by atoms with Crippen LogP contribution in [0.1, 0.15) is 30.3 Å². The zero-order chi connectivity index (χ0) is 19.9. The highest BCUT2D eigenvalue weighted by Gasteiger charge is 2.34. The molecule has 28 heavy (non-hydrogen) atoms. The number of alkyl halides is 3. The van der Waals surface area contributed by atoms with E-state index < -0.39 is 11.9 Å². The Morgan fingerprint density at radius 1 is 1.25 bits per heavy atom. The van der Waals surface area contributed by atoms with E-state index in [1.807, 2.05) is 12.1 Å². The van der Waals surface area contributed by atoms with Crippen LogP contribution in [0.5, 0.6) is 0 Å². The Bertz CT molecular complexity index is 1010. The van der Waals surface area contributed by atoms with E-state index in [1.54, 1.807) is 11.0 Å². The van der Waals surface area contributed by atoms with Gasteiger partial charge in [-0.25, -0.2) is 0 Å². The Balaban J connectivity index is 1.38. The van der Waals surface area contributed by atoms with Gasteiger partial charge in [0.05, 0.1) is 12.5 Å². The third-order valence-corrected chi connectivity index (χ3v) is 5.41. The average molecular weight is 457 g/mol. The normalized spacial score (nSPS) is 16.1. The van der Waals surface area contributed by atoms with E-state index in [9.17, 15) is 18.0 Å². The molecule has 0 N–H and O–H groups in total. The number of benzene rings is 1. The minimum atomic E-state index is -4.45. The minimum Gasteiger partial charge on any atom is -0.356 e. The van der Waals surface area contributed by atoms with Gasteiger partial charge in [0.15, 0.2) is 11.3 Å². The summed E-state index contributed by atoms with van der Waals surface area (Å²) >= 11 is 3.39. The summed E-state index contributed by atoms with van der Waals surface area (Å²) in [6.07, 6.45) is -1.87. The predicted octanol–water partition coefficient (Wildman–Crippen LogP) is 4.21. The SMILES string of the molecule is O=C(Cc1noc2ccc(Br)cc12)N1CCC(n2ccc(C(F)(F)F)n2)CC1. The lowest BCUT2D eigenvalue weighted by Gasteiger charge is -2.32. The number of fused-ring (bicyclic) bond motifs is 1. The van der Waals surface area contributed by atoms with Gasteiger partial charge in [-0.15, -0.1) is 0 Å². The molecule has 0 unspecified atom stereocenters. The third kappa shape index (κ3) is 3.78. The van der Waals surface area contributed by atoms with Crippen LogP contribution in [0.4, 0.5) is 13.2 Å². The van der Waals surface area contributed by atoms with Crippen molar-refractivity contribution in [1.82, 2.24) is 19.8 Å². The van der Waals surface area contributed by atoms with Gasteiger partial charge in [0, 0.05) is 29.1 Å². The van der Waals surface area contributed by atoms with Crippen LogP contribution in [0.3, 0.4) is 0 Å². The number of hydrogen-bond donors (Lipinski definition) is 0. The first-order valence-electron chi connectivity index (χ1n) is 8.75. The van der Waals surface area contributed by atoms with Crippen molar-refractivity contribution in [3.8, 4) is 0 Å². The van der Waals surface area contributed by atoms with Crippen LogP contribution in [-0.2, 0) is 17.4 Å². The number of nitrogens with zero attached hydrogens (tertiary/aromatic N) is 4. The highest BCUT2D eigenvalue weighted by atomic mass is 79.9. The van der Waals surface area contributed by atoms with Crippen molar-refractivity contribution in [3.63, 3.8) is 0 Å². The van der Waals surface area contributed by atoms with Crippen molar-refractivity contribution in [3.05, 3.63) is 46.3 Å². The van der Waals surface area contributed by atoms with Gasteiger partial charge in [0.25, 0.3) is 0 Å². The maximum atomic E-state index is 12.7. The number of halogens is 4. The lowest BCUT2D eigenvalue weighted by atomic mass is 10.0. The van der Waals surface area contributed by atoms with Crippen molar-refractivity contribution >= 4 is 32.8 Å². The first-order chi connectivity index (χ1) is 13.3. The molecular formula is C18H16BrF3N4O2. The monoisotopic (exact) mass is 456 g/mol. The van der Waals surface area contributed by atoms with Crippen LogP contribution >= 0.6 is 15.9 Å². The zero-order valence-electron chi connectivity index (χ0n) is 14.6. The van der Waals surface area contributed by atoms with E-state index >= 15 is 0 Å². The van der Waals surface area contributed by atoms with Crippen molar-refractivity contribution in [2.45, 2.75) is 31.5 Å². The van der Waals surface area contributed by atoms with Gasteiger partial charge in [-0.1, -0.05) is 21.1 Å². The van der Waals surface area contributed by atoms with Crippen molar-refractivity contribution in [1.29, 1.82) is 0 Å². The summed E-state index contributed by atoms with van der Waals surface area (Å²) in [4.78, 5) is 14.3. The number of rotatable bonds is 3. The Hall–Kier alpha value is -2.36. The Kier molecular flexibility index (Phi) is 4.90. The Morgan fingerprint density at radius 2 is 2.00 bits per heavy atom. The van der Waals surface area contributed by atoms with Gasteiger partial charge in [-0.2, -0.15) is 18.3 Å². The molecule has 1 aromatic carbocycles. The topological polar surface area (TPSA) is 64.2 Å². The number of aromatic nitrogens is 3. The standard InChI is InChI=1S/C18H16BrF3N4O2/c19-11-1-2-15-13(9-11)14(24-28-15)10-17(27)25-6-3-12(4-7-25)26-8-5-16(23-26)18(20,21)22/h1-2,5,8-9,12H,3-4,6-7,10H2. The molecule has 3 heterocycles. The van der Waals surface area contributed by atoms with E-state index in [4.69, 9.17) is 4.52 Å². The fraction of sp³-hybridized carbons (Fsp3) is 0.389. The van der Waals surface area contributed by atoms with Crippen molar-refractivity contribution < 1.29 is 22.5 Å². The lowest BCUT2D eigenvalue weighted by Crippen LogP contribution is -2.40. The summed E-state index contributed by atoms with van der Waals surface area (Å²) in [7, 11) is 0. The molecule has 0 atom stereocenters. The molecule has 1 fully saturated rings. The van der Waals surface area contributed by atoms with Gasteiger partial charge in [-0.3, -0.25) is 9.48 Å². The van der Waals surface area contributed by atoms with Crippen LogP contribution in [0.15, 0.2) is 39.5 Å². The molecule has 1 aliphatic rings. The van der Waals surface area contributed by atoms with Crippen LogP contribution in [0.25, 0.3) is 11.0 Å². The summed E-state index contributed by atoms with van der Waals surface area (Å²) in [6.45, 7) is 0.925. The first-order valence-corrected chi connectivity index (χ1v) is 9.54. The van der Waals surface area contributed by atoms with E-state index in [2.05, 4.69) is 26.2 Å². The fourth-order valence-corrected chi connectivity index (χ4v) is 3.78. The summed E-state index contributed by atoms with van der Waals surface area (Å²) in [5, 5.41) is 8.42. The number of hydrogen-bond acceptors (Lipinski definition) is 4. The first kappa shape index (κ1) is 19.0. The predicted molar refractivity (Wildman–Crippen MR) is 97.5 cm³/mol. The molecule has 10 heteroatoms. The molecule has 1 aliphatic heterocycles. The molecule has 0 aliphatic carbocycles. The molecule has 0 saturated carbocycles. The van der Waals surface area contributed by atoms with Gasteiger partial charge in [-0.05, 0) is 37.1 Å². The van der Waals surface area contributed by atoms with Crippen molar-refractivity contribution in [2.75, 3.05) is 13.1 Å². The van der Waals surface area contributed by atoms with Gasteiger partial charge < -0.3 is 9.42 Å². The number of carbonyl (C=O) groups is 1.